The third-order valence-corrected chi connectivity index (χ3v) is 3.54. The Kier molecular flexibility index (Phi) is 4.79. The molecule has 0 radical (unpaired) electrons. The van der Waals surface area contributed by atoms with Gasteiger partial charge in [0, 0.05) is 52.3 Å². The molecule has 1 aliphatic heterocycles. The summed E-state index contributed by atoms with van der Waals surface area (Å²) in [6.07, 6.45) is 2.97. The molecule has 21 heavy (non-hydrogen) atoms. The number of carboxylic acids is 1. The molecule has 0 spiro atoms. The van der Waals surface area contributed by atoms with Gasteiger partial charge in [0.05, 0.1) is 5.69 Å². The van der Waals surface area contributed by atoms with Gasteiger partial charge >= 0.3 is 12.0 Å². The number of aryl methyl sites for hydroxylation is 1. The molecular formula is C13H20N4O4. The van der Waals surface area contributed by atoms with E-state index in [2.05, 4.69) is 15.7 Å². The molecule has 2 rings (SSSR count). The van der Waals surface area contributed by atoms with E-state index in [1.165, 1.54) is 0 Å². The molecule has 116 valence electrons. The zero-order valence-electron chi connectivity index (χ0n) is 12.0. The average molecular weight is 296 g/mol. The van der Waals surface area contributed by atoms with Gasteiger partial charge < -0.3 is 20.5 Å². The van der Waals surface area contributed by atoms with Crippen molar-refractivity contribution < 1.29 is 19.4 Å². The fourth-order valence-corrected chi connectivity index (χ4v) is 2.27. The summed E-state index contributed by atoms with van der Waals surface area (Å²) >= 11 is 0. The van der Waals surface area contributed by atoms with Crippen LogP contribution in [0, 0.1) is 0 Å². The van der Waals surface area contributed by atoms with Crippen molar-refractivity contribution in [3.63, 3.8) is 0 Å². The summed E-state index contributed by atoms with van der Waals surface area (Å²) < 4.78 is 6.84. The number of aromatic nitrogens is 2. The Morgan fingerprint density at radius 1 is 1.48 bits per heavy atom. The normalized spacial score (nSPS) is 17.2. The molecule has 0 aliphatic carbocycles. The molecule has 2 heterocycles. The van der Waals surface area contributed by atoms with Crippen LogP contribution in [0.2, 0.25) is 0 Å². The highest BCUT2D eigenvalue weighted by molar-refractivity contribution is 5.86. The number of aliphatic carboxylic acids is 1. The van der Waals surface area contributed by atoms with Crippen LogP contribution in [0.15, 0.2) is 12.3 Å². The maximum absolute atomic E-state index is 11.9. The maximum atomic E-state index is 11.9. The van der Waals surface area contributed by atoms with Gasteiger partial charge in [0.15, 0.2) is 0 Å². The number of nitrogens with one attached hydrogen (secondary N) is 2. The zero-order chi connectivity index (χ0) is 15.3. The zero-order valence-corrected chi connectivity index (χ0v) is 12.0. The molecule has 1 aliphatic rings. The number of hydrogen-bond acceptors (Lipinski definition) is 4. The molecule has 1 aromatic rings. The molecule has 1 fully saturated rings. The summed E-state index contributed by atoms with van der Waals surface area (Å²) in [4.78, 5) is 23.3. The molecule has 0 saturated carbocycles. The van der Waals surface area contributed by atoms with Crippen molar-refractivity contribution in [2.24, 2.45) is 7.05 Å². The minimum absolute atomic E-state index is 0.274. The first-order valence-electron chi connectivity index (χ1n) is 6.87. The molecule has 1 aromatic heterocycles. The smallest absolute Gasteiger partial charge is 0.329 e. The van der Waals surface area contributed by atoms with E-state index in [9.17, 15) is 14.7 Å². The molecule has 8 heteroatoms. The van der Waals surface area contributed by atoms with Gasteiger partial charge in [-0.3, -0.25) is 4.68 Å². The Morgan fingerprint density at radius 2 is 2.19 bits per heavy atom. The highest BCUT2D eigenvalue weighted by atomic mass is 16.5. The van der Waals surface area contributed by atoms with Gasteiger partial charge in [0.25, 0.3) is 0 Å². The van der Waals surface area contributed by atoms with Crippen LogP contribution in [0.5, 0.6) is 0 Å². The van der Waals surface area contributed by atoms with Crippen molar-refractivity contribution in [2.75, 3.05) is 19.8 Å². The molecule has 0 unspecified atom stereocenters. The van der Waals surface area contributed by atoms with E-state index in [0.29, 0.717) is 26.2 Å². The predicted molar refractivity (Wildman–Crippen MR) is 73.9 cm³/mol. The van der Waals surface area contributed by atoms with Crippen LogP contribution < -0.4 is 10.6 Å². The van der Waals surface area contributed by atoms with Gasteiger partial charge in [0.2, 0.25) is 0 Å². The lowest BCUT2D eigenvalue weighted by atomic mass is 9.90. The van der Waals surface area contributed by atoms with Gasteiger partial charge in [-0.15, -0.1) is 0 Å². The van der Waals surface area contributed by atoms with E-state index in [1.54, 1.807) is 4.68 Å². The van der Waals surface area contributed by atoms with Gasteiger partial charge in [-0.25, -0.2) is 9.59 Å². The summed E-state index contributed by atoms with van der Waals surface area (Å²) in [5, 5.41) is 18.8. The lowest BCUT2D eigenvalue weighted by Gasteiger charge is -2.33. The molecule has 0 aromatic carbocycles. The average Bonchev–Trinajstić information content (AvgIpc) is 2.85. The van der Waals surface area contributed by atoms with E-state index >= 15 is 0 Å². The number of hydrogen-bond donors (Lipinski definition) is 3. The van der Waals surface area contributed by atoms with Crippen LogP contribution in [-0.4, -0.2) is 52.2 Å². The Morgan fingerprint density at radius 3 is 2.76 bits per heavy atom. The molecule has 8 nitrogen and oxygen atoms in total. The Labute approximate surface area is 122 Å². The summed E-state index contributed by atoms with van der Waals surface area (Å²) in [6, 6.07) is 1.40. The largest absolute Gasteiger partial charge is 0.480 e. The van der Waals surface area contributed by atoms with Gasteiger partial charge in [-0.05, 0) is 6.07 Å². The number of amides is 2. The third-order valence-electron chi connectivity index (χ3n) is 3.54. The fourth-order valence-electron chi connectivity index (χ4n) is 2.27. The van der Waals surface area contributed by atoms with Crippen molar-refractivity contribution in [1.29, 1.82) is 0 Å². The number of rotatable bonds is 5. The number of nitrogens with zero attached hydrogens (tertiary/aromatic N) is 2. The monoisotopic (exact) mass is 296 g/mol. The molecule has 0 bridgehead atoms. The number of urea groups is 1. The molecule has 3 N–H and O–H groups in total. The van der Waals surface area contributed by atoms with Crippen LogP contribution in [-0.2, 0) is 23.0 Å². The van der Waals surface area contributed by atoms with Crippen molar-refractivity contribution in [1.82, 2.24) is 20.4 Å². The van der Waals surface area contributed by atoms with Crippen LogP contribution >= 0.6 is 0 Å². The van der Waals surface area contributed by atoms with Crippen LogP contribution in [0.4, 0.5) is 4.79 Å². The minimum Gasteiger partial charge on any atom is -0.480 e. The first-order chi connectivity index (χ1) is 10.0. The van der Waals surface area contributed by atoms with Gasteiger partial charge in [-0.2, -0.15) is 5.10 Å². The number of carboxylic acid groups (broad SMARTS) is 1. The third kappa shape index (κ3) is 3.94. The number of ether oxygens (including phenoxy) is 1. The molecule has 0 atom stereocenters. The Hall–Kier alpha value is -2.09. The quantitative estimate of drug-likeness (QED) is 0.703. The topological polar surface area (TPSA) is 105 Å². The summed E-state index contributed by atoms with van der Waals surface area (Å²) in [6.45, 7) is 1.07. The summed E-state index contributed by atoms with van der Waals surface area (Å²) in [5.74, 6) is -1.02. The lowest BCUT2D eigenvalue weighted by Crippen LogP contribution is -2.59. The first kappa shape index (κ1) is 15.3. The number of carbonyl (C=O) groups is 2. The van der Waals surface area contributed by atoms with Gasteiger partial charge in [-0.1, -0.05) is 0 Å². The second kappa shape index (κ2) is 6.57. The number of carbonyl (C=O) groups excluding carboxylic acids is 1. The predicted octanol–water partition coefficient (Wildman–Crippen LogP) is -0.104. The van der Waals surface area contributed by atoms with Crippen LogP contribution in [0.1, 0.15) is 18.5 Å². The highest BCUT2D eigenvalue weighted by Crippen LogP contribution is 2.20. The van der Waals surface area contributed by atoms with Crippen LogP contribution in [0.3, 0.4) is 0 Å². The van der Waals surface area contributed by atoms with E-state index in [0.717, 1.165) is 5.69 Å². The van der Waals surface area contributed by atoms with E-state index in [-0.39, 0.29) is 12.8 Å². The Bertz CT molecular complexity index is 508. The fraction of sp³-hybridized carbons (Fsp3) is 0.615. The molecule has 1 saturated heterocycles. The van der Waals surface area contributed by atoms with Crippen LogP contribution in [0.25, 0.3) is 0 Å². The standard InChI is InChI=1S/C13H20N4O4/c1-17-7-3-10(16-17)2-6-14-12(20)15-13(11(18)19)4-8-21-9-5-13/h3,7H,2,4-6,8-9H2,1H3,(H,18,19)(H2,14,15,20). The maximum Gasteiger partial charge on any atom is 0.329 e. The van der Waals surface area contributed by atoms with E-state index < -0.39 is 17.5 Å². The minimum atomic E-state index is -1.23. The summed E-state index contributed by atoms with van der Waals surface area (Å²) in [7, 11) is 1.82. The second-order valence-electron chi connectivity index (χ2n) is 5.11. The first-order valence-corrected chi connectivity index (χ1v) is 6.87. The molecule has 2 amide bonds. The van der Waals surface area contributed by atoms with Crippen molar-refractivity contribution in [2.45, 2.75) is 24.8 Å². The Balaban J connectivity index is 1.81. The SMILES string of the molecule is Cn1ccc(CCNC(=O)NC2(C(=O)O)CCOCC2)n1. The summed E-state index contributed by atoms with van der Waals surface area (Å²) in [5.41, 5.74) is -0.357. The van der Waals surface area contributed by atoms with Gasteiger partial charge in [0.1, 0.15) is 5.54 Å². The highest BCUT2D eigenvalue weighted by Gasteiger charge is 2.41. The molecular weight excluding hydrogens is 276 g/mol. The lowest BCUT2D eigenvalue weighted by molar-refractivity contribution is -0.148. The van der Waals surface area contributed by atoms with E-state index in [4.69, 9.17) is 4.74 Å². The van der Waals surface area contributed by atoms with Crippen molar-refractivity contribution in [3.8, 4) is 0 Å². The second-order valence-corrected chi connectivity index (χ2v) is 5.11. The van der Waals surface area contributed by atoms with Crippen molar-refractivity contribution in [3.05, 3.63) is 18.0 Å². The van der Waals surface area contributed by atoms with E-state index in [1.807, 2.05) is 19.3 Å². The van der Waals surface area contributed by atoms with Crippen molar-refractivity contribution >= 4 is 12.0 Å².